The van der Waals surface area contributed by atoms with Gasteiger partial charge in [-0.05, 0) is 42.2 Å². The summed E-state index contributed by atoms with van der Waals surface area (Å²) in [6.45, 7) is 2.21. The minimum absolute atomic E-state index is 0.0378. The first-order valence-electron chi connectivity index (χ1n) is 10.8. The Morgan fingerprint density at radius 1 is 0.897 bits per heavy atom. The number of carbonyl (C=O) groups is 2. The highest BCUT2D eigenvalue weighted by atomic mass is 16.2. The van der Waals surface area contributed by atoms with Crippen LogP contribution >= 0.6 is 0 Å². The Hall–Kier alpha value is -2.62. The Morgan fingerprint density at radius 2 is 1.52 bits per heavy atom. The second kappa shape index (κ2) is 7.01. The van der Waals surface area contributed by atoms with Crippen LogP contribution in [-0.2, 0) is 15.0 Å². The molecule has 2 aromatic carbocycles. The van der Waals surface area contributed by atoms with Crippen molar-refractivity contribution >= 4 is 11.8 Å². The Bertz CT molecular complexity index is 897. The lowest BCUT2D eigenvalue weighted by atomic mass is 9.62. The van der Waals surface area contributed by atoms with Crippen LogP contribution in [0.3, 0.4) is 0 Å². The topological polar surface area (TPSA) is 49.4 Å². The average molecular weight is 389 g/mol. The highest BCUT2D eigenvalue weighted by Crippen LogP contribution is 2.52. The fourth-order valence-electron chi connectivity index (χ4n) is 5.59. The van der Waals surface area contributed by atoms with E-state index in [4.69, 9.17) is 0 Å². The molecule has 4 heteroatoms. The maximum absolute atomic E-state index is 13.4. The summed E-state index contributed by atoms with van der Waals surface area (Å²) in [4.78, 5) is 27.8. The zero-order valence-electron chi connectivity index (χ0n) is 16.8. The smallest absolute Gasteiger partial charge is 0.233 e. The maximum Gasteiger partial charge on any atom is 0.233 e. The lowest BCUT2D eigenvalue weighted by Crippen LogP contribution is -2.54. The van der Waals surface area contributed by atoms with E-state index in [1.165, 1.54) is 5.56 Å². The van der Waals surface area contributed by atoms with E-state index in [-0.39, 0.29) is 22.6 Å². The lowest BCUT2D eigenvalue weighted by Gasteiger charge is -2.49. The molecule has 1 N–H and O–H groups in total. The molecule has 0 bridgehead atoms. The molecular formula is C25H28N2O2. The van der Waals surface area contributed by atoms with Crippen LogP contribution in [-0.4, -0.2) is 36.3 Å². The molecule has 0 aromatic heterocycles. The van der Waals surface area contributed by atoms with Gasteiger partial charge in [0.25, 0.3) is 0 Å². The van der Waals surface area contributed by atoms with Crippen LogP contribution in [0, 0.1) is 5.41 Å². The number of nitrogens with one attached hydrogen (secondary N) is 1. The lowest BCUT2D eigenvalue weighted by molar-refractivity contribution is -0.138. The molecule has 3 aliphatic rings. The predicted molar refractivity (Wildman–Crippen MR) is 112 cm³/mol. The van der Waals surface area contributed by atoms with Crippen molar-refractivity contribution in [2.45, 2.75) is 43.4 Å². The summed E-state index contributed by atoms with van der Waals surface area (Å²) in [6, 6.07) is 20.8. The zero-order chi connectivity index (χ0) is 19.9. The standard InChI is InChI=1S/C25H28N2O2/c28-22-17-24(21(18-26-22)19-7-3-1-4-8-19)13-15-27(16-14-24)23(29)25(11-12-25)20-9-5-2-6-10-20/h1-10,21H,11-18H2,(H,26,28). The minimum atomic E-state index is -0.297. The Balaban J connectivity index is 1.35. The van der Waals surface area contributed by atoms with Crippen LogP contribution in [0.5, 0.6) is 0 Å². The van der Waals surface area contributed by atoms with Crippen LogP contribution in [0.1, 0.15) is 49.1 Å². The molecule has 1 unspecified atom stereocenters. The van der Waals surface area contributed by atoms with Crippen molar-refractivity contribution in [2.75, 3.05) is 19.6 Å². The summed E-state index contributed by atoms with van der Waals surface area (Å²) in [5.41, 5.74) is 2.12. The van der Waals surface area contributed by atoms with Crippen LogP contribution in [0.25, 0.3) is 0 Å². The fraction of sp³-hybridized carbons (Fsp3) is 0.440. The third-order valence-electron chi connectivity index (χ3n) is 7.49. The highest BCUT2D eigenvalue weighted by molar-refractivity contribution is 5.91. The van der Waals surface area contributed by atoms with Gasteiger partial charge in [-0.1, -0.05) is 60.7 Å². The van der Waals surface area contributed by atoms with Crippen LogP contribution in [0.2, 0.25) is 0 Å². The molecule has 150 valence electrons. The summed E-state index contributed by atoms with van der Waals surface area (Å²) in [5, 5.41) is 3.07. The third-order valence-corrected chi connectivity index (χ3v) is 7.49. The minimum Gasteiger partial charge on any atom is -0.355 e. The first-order valence-corrected chi connectivity index (χ1v) is 10.8. The highest BCUT2D eigenvalue weighted by Gasteiger charge is 2.54. The van der Waals surface area contributed by atoms with Crippen molar-refractivity contribution < 1.29 is 9.59 Å². The largest absolute Gasteiger partial charge is 0.355 e. The van der Waals surface area contributed by atoms with Crippen LogP contribution < -0.4 is 5.32 Å². The number of hydrogen-bond acceptors (Lipinski definition) is 2. The van der Waals surface area contributed by atoms with Gasteiger partial charge in [0.05, 0.1) is 5.41 Å². The molecule has 1 atom stereocenters. The summed E-state index contributed by atoms with van der Waals surface area (Å²) < 4.78 is 0. The van der Waals surface area contributed by atoms with E-state index in [2.05, 4.69) is 46.6 Å². The maximum atomic E-state index is 13.4. The van der Waals surface area contributed by atoms with Gasteiger partial charge in [-0.25, -0.2) is 0 Å². The second-order valence-corrected chi connectivity index (χ2v) is 9.05. The number of rotatable bonds is 3. The van der Waals surface area contributed by atoms with Gasteiger partial charge in [-0.3, -0.25) is 9.59 Å². The van der Waals surface area contributed by atoms with Gasteiger partial charge in [0.1, 0.15) is 0 Å². The fourth-order valence-corrected chi connectivity index (χ4v) is 5.59. The van der Waals surface area contributed by atoms with Crippen molar-refractivity contribution in [3.63, 3.8) is 0 Å². The number of nitrogens with zero attached hydrogens (tertiary/aromatic N) is 1. The molecule has 3 fully saturated rings. The molecule has 1 aliphatic carbocycles. The number of hydrogen-bond donors (Lipinski definition) is 1. The zero-order valence-corrected chi connectivity index (χ0v) is 16.8. The molecule has 5 rings (SSSR count). The van der Waals surface area contributed by atoms with Gasteiger partial charge in [0, 0.05) is 32.0 Å². The van der Waals surface area contributed by atoms with Crippen molar-refractivity contribution in [3.05, 3.63) is 71.8 Å². The van der Waals surface area contributed by atoms with E-state index < -0.39 is 0 Å². The molecular weight excluding hydrogens is 360 g/mol. The second-order valence-electron chi connectivity index (χ2n) is 9.05. The molecule has 29 heavy (non-hydrogen) atoms. The molecule has 2 amide bonds. The summed E-state index contributed by atoms with van der Waals surface area (Å²) in [7, 11) is 0. The molecule has 2 heterocycles. The molecule has 4 nitrogen and oxygen atoms in total. The Morgan fingerprint density at radius 3 is 2.14 bits per heavy atom. The number of piperidine rings is 2. The van der Waals surface area contributed by atoms with E-state index in [1.54, 1.807) is 0 Å². The number of amides is 2. The number of benzene rings is 2. The average Bonchev–Trinajstić information content (AvgIpc) is 3.57. The van der Waals surface area contributed by atoms with Gasteiger partial charge in [0.15, 0.2) is 0 Å². The molecule has 2 saturated heterocycles. The van der Waals surface area contributed by atoms with E-state index in [9.17, 15) is 9.59 Å². The van der Waals surface area contributed by atoms with Crippen molar-refractivity contribution in [3.8, 4) is 0 Å². The Labute approximate surface area is 172 Å². The van der Waals surface area contributed by atoms with E-state index in [1.807, 2.05) is 24.3 Å². The van der Waals surface area contributed by atoms with Crippen molar-refractivity contribution in [1.29, 1.82) is 0 Å². The molecule has 2 aliphatic heterocycles. The Kier molecular flexibility index (Phi) is 4.45. The summed E-state index contributed by atoms with van der Waals surface area (Å²) >= 11 is 0. The van der Waals surface area contributed by atoms with Crippen LogP contribution in [0.15, 0.2) is 60.7 Å². The van der Waals surface area contributed by atoms with Gasteiger partial charge < -0.3 is 10.2 Å². The van der Waals surface area contributed by atoms with E-state index >= 15 is 0 Å². The van der Waals surface area contributed by atoms with Crippen molar-refractivity contribution in [2.24, 2.45) is 5.41 Å². The molecule has 0 radical (unpaired) electrons. The van der Waals surface area contributed by atoms with Crippen molar-refractivity contribution in [1.82, 2.24) is 10.2 Å². The quantitative estimate of drug-likeness (QED) is 0.873. The third kappa shape index (κ3) is 3.15. The van der Waals surface area contributed by atoms with Crippen LogP contribution in [0.4, 0.5) is 0 Å². The summed E-state index contributed by atoms with van der Waals surface area (Å²) in [5.74, 6) is 0.762. The first kappa shape index (κ1) is 18.4. The first-order chi connectivity index (χ1) is 14.1. The van der Waals surface area contributed by atoms with Gasteiger partial charge in [0.2, 0.25) is 11.8 Å². The molecule has 1 spiro atoms. The molecule has 1 saturated carbocycles. The SMILES string of the molecule is O=C1CC2(CCN(C(=O)C3(c4ccccc4)CC3)CC2)C(c2ccccc2)CN1. The van der Waals surface area contributed by atoms with Gasteiger partial charge in [-0.2, -0.15) is 0 Å². The van der Waals surface area contributed by atoms with Gasteiger partial charge >= 0.3 is 0 Å². The summed E-state index contributed by atoms with van der Waals surface area (Å²) in [6.07, 6.45) is 4.27. The monoisotopic (exact) mass is 388 g/mol. The predicted octanol–water partition coefficient (Wildman–Crippen LogP) is 3.63. The van der Waals surface area contributed by atoms with E-state index in [0.717, 1.165) is 44.3 Å². The number of carbonyl (C=O) groups excluding carboxylic acids is 2. The number of likely N-dealkylation sites (tertiary alicyclic amines) is 1. The van der Waals surface area contributed by atoms with E-state index in [0.29, 0.717) is 18.9 Å². The molecule has 2 aromatic rings. The van der Waals surface area contributed by atoms with Gasteiger partial charge in [-0.15, -0.1) is 0 Å². The normalized spacial score (nSPS) is 24.8.